The van der Waals surface area contributed by atoms with E-state index in [4.69, 9.17) is 4.99 Å². The summed E-state index contributed by atoms with van der Waals surface area (Å²) in [6.45, 7) is 0. The summed E-state index contributed by atoms with van der Waals surface area (Å²) < 4.78 is 0. The lowest BCUT2D eigenvalue weighted by Gasteiger charge is -2.23. The van der Waals surface area contributed by atoms with Crippen LogP contribution in [-0.2, 0) is 20.8 Å². The molecular weight excluding hydrogens is 452 g/mol. The summed E-state index contributed by atoms with van der Waals surface area (Å²) in [7, 11) is 1.68. The molecule has 3 aromatic carbocycles. The molecule has 0 radical (unpaired) electrons. The molecule has 1 fully saturated rings. The Bertz CT molecular complexity index is 1300. The topological polar surface area (TPSA) is 90.9 Å². The van der Waals surface area contributed by atoms with Gasteiger partial charge in [0.1, 0.15) is 6.04 Å². The fraction of sp³-hybridized carbons (Fsp3) is 0.241. The molecular formula is C29H28N4O3. The van der Waals surface area contributed by atoms with E-state index in [1.165, 1.54) is 4.90 Å². The number of carbonyl (C=O) groups is 3. The van der Waals surface area contributed by atoms with Gasteiger partial charge in [-0.15, -0.1) is 0 Å². The number of benzodiazepines with no additional fused rings is 1. The van der Waals surface area contributed by atoms with Gasteiger partial charge in [-0.05, 0) is 24.5 Å². The van der Waals surface area contributed by atoms with Crippen molar-refractivity contribution in [1.82, 2.24) is 10.6 Å². The molecule has 1 aliphatic carbocycles. The summed E-state index contributed by atoms with van der Waals surface area (Å²) >= 11 is 0. The van der Waals surface area contributed by atoms with E-state index in [9.17, 15) is 14.4 Å². The Morgan fingerprint density at radius 1 is 0.944 bits per heavy atom. The van der Waals surface area contributed by atoms with Crippen molar-refractivity contribution in [2.24, 2.45) is 10.9 Å². The highest BCUT2D eigenvalue weighted by Gasteiger charge is 2.35. The zero-order chi connectivity index (χ0) is 25.1. The maximum atomic E-state index is 13.5. The van der Waals surface area contributed by atoms with E-state index in [0.29, 0.717) is 17.8 Å². The average Bonchev–Trinajstić information content (AvgIpc) is 3.77. The standard InChI is InChI=1S/C29H28N4O3/c1-33-24-15-9-8-14-22(24)25(20-12-6-3-7-13-20)31-26(29(33)36)32-28(35)23(30-27(34)21-16-17-21)18-19-10-4-2-5-11-19/h2-15,21,23,26H,16-18H2,1H3,(H,30,34)(H,32,35)/t23-,26+/m1/s1. The van der Waals surface area contributed by atoms with Crippen LogP contribution in [0.15, 0.2) is 89.9 Å². The molecule has 2 aliphatic rings. The zero-order valence-electron chi connectivity index (χ0n) is 20.1. The van der Waals surface area contributed by atoms with E-state index in [2.05, 4.69) is 10.6 Å². The lowest BCUT2D eigenvalue weighted by Crippen LogP contribution is -2.54. The largest absolute Gasteiger partial charge is 0.344 e. The van der Waals surface area contributed by atoms with E-state index in [0.717, 1.165) is 29.5 Å². The number of rotatable bonds is 7. The normalized spacial score (nSPS) is 17.9. The Morgan fingerprint density at radius 3 is 2.28 bits per heavy atom. The highest BCUT2D eigenvalue weighted by atomic mass is 16.2. The number of likely N-dealkylation sites (N-methyl/N-ethyl adjacent to an activating group) is 1. The molecule has 0 bridgehead atoms. The average molecular weight is 481 g/mol. The van der Waals surface area contributed by atoms with Crippen molar-refractivity contribution >= 4 is 29.1 Å². The lowest BCUT2D eigenvalue weighted by molar-refractivity contribution is -0.131. The molecule has 5 rings (SSSR count). The predicted octanol–water partition coefficient (Wildman–Crippen LogP) is 3.08. The highest BCUT2D eigenvalue weighted by Crippen LogP contribution is 2.29. The highest BCUT2D eigenvalue weighted by molar-refractivity contribution is 6.20. The van der Waals surface area contributed by atoms with Crippen LogP contribution in [0.1, 0.15) is 29.5 Å². The number of anilines is 1. The second-order valence-electron chi connectivity index (χ2n) is 9.19. The molecule has 3 amide bonds. The summed E-state index contributed by atoms with van der Waals surface area (Å²) in [6.07, 6.45) is 0.847. The molecule has 1 aliphatic heterocycles. The Balaban J connectivity index is 1.46. The second kappa shape index (κ2) is 10.2. The first-order valence-corrected chi connectivity index (χ1v) is 12.2. The van der Waals surface area contributed by atoms with Crippen molar-refractivity contribution in [2.45, 2.75) is 31.5 Å². The molecule has 0 unspecified atom stereocenters. The van der Waals surface area contributed by atoms with E-state index in [-0.39, 0.29) is 17.7 Å². The molecule has 2 atom stereocenters. The van der Waals surface area contributed by atoms with Crippen LogP contribution in [0, 0.1) is 5.92 Å². The van der Waals surface area contributed by atoms with E-state index in [1.54, 1.807) is 7.05 Å². The third-order valence-electron chi connectivity index (χ3n) is 6.53. The number of hydrogen-bond acceptors (Lipinski definition) is 4. The molecule has 1 heterocycles. The molecule has 1 saturated carbocycles. The Labute approximate surface area is 210 Å². The van der Waals surface area contributed by atoms with Gasteiger partial charge in [-0.3, -0.25) is 14.4 Å². The molecule has 36 heavy (non-hydrogen) atoms. The quantitative estimate of drug-likeness (QED) is 0.545. The van der Waals surface area contributed by atoms with E-state index >= 15 is 0 Å². The number of para-hydroxylation sites is 1. The number of nitrogens with zero attached hydrogens (tertiary/aromatic N) is 2. The fourth-order valence-electron chi connectivity index (χ4n) is 4.37. The monoisotopic (exact) mass is 480 g/mol. The lowest BCUT2D eigenvalue weighted by atomic mass is 10.0. The third-order valence-corrected chi connectivity index (χ3v) is 6.53. The van der Waals surface area contributed by atoms with Crippen molar-refractivity contribution < 1.29 is 14.4 Å². The minimum absolute atomic E-state index is 0.0427. The van der Waals surface area contributed by atoms with Gasteiger partial charge in [0.2, 0.25) is 18.0 Å². The molecule has 0 aromatic heterocycles. The molecule has 3 aromatic rings. The van der Waals surface area contributed by atoms with Crippen molar-refractivity contribution in [1.29, 1.82) is 0 Å². The predicted molar refractivity (Wildman–Crippen MR) is 139 cm³/mol. The van der Waals surface area contributed by atoms with Gasteiger partial charge in [-0.25, -0.2) is 4.99 Å². The minimum atomic E-state index is -1.14. The summed E-state index contributed by atoms with van der Waals surface area (Å²) in [5.41, 5.74) is 3.90. The zero-order valence-corrected chi connectivity index (χ0v) is 20.1. The second-order valence-corrected chi connectivity index (χ2v) is 9.19. The van der Waals surface area contributed by atoms with E-state index < -0.39 is 18.1 Å². The van der Waals surface area contributed by atoms with Gasteiger partial charge >= 0.3 is 0 Å². The summed E-state index contributed by atoms with van der Waals surface area (Å²) in [5.74, 6) is -0.967. The number of hydrogen-bond donors (Lipinski definition) is 2. The maximum absolute atomic E-state index is 13.5. The van der Waals surface area contributed by atoms with Crippen molar-refractivity contribution in [3.8, 4) is 0 Å². The number of carbonyl (C=O) groups excluding carboxylic acids is 3. The van der Waals surface area contributed by atoms with E-state index in [1.807, 2.05) is 84.9 Å². The fourth-order valence-corrected chi connectivity index (χ4v) is 4.37. The Hall–Kier alpha value is -4.26. The molecule has 2 N–H and O–H groups in total. The first-order chi connectivity index (χ1) is 17.5. The van der Waals surface area contributed by atoms with Gasteiger partial charge in [-0.1, -0.05) is 78.9 Å². The number of nitrogens with one attached hydrogen (secondary N) is 2. The van der Waals surface area contributed by atoms with Gasteiger partial charge < -0.3 is 15.5 Å². The SMILES string of the molecule is CN1C(=O)[C@H](NC(=O)[C@@H](Cc2ccccc2)NC(=O)C2CC2)N=C(c2ccccc2)c2ccccc21. The summed E-state index contributed by atoms with van der Waals surface area (Å²) in [4.78, 5) is 45.8. The number of fused-ring (bicyclic) bond motifs is 1. The first-order valence-electron chi connectivity index (χ1n) is 12.2. The van der Waals surface area contributed by atoms with Crippen molar-refractivity contribution in [2.75, 3.05) is 11.9 Å². The minimum Gasteiger partial charge on any atom is -0.344 e. The smallest absolute Gasteiger partial charge is 0.272 e. The number of amides is 3. The Kier molecular flexibility index (Phi) is 6.62. The van der Waals surface area contributed by atoms with Gasteiger partial charge in [0.25, 0.3) is 5.91 Å². The van der Waals surface area contributed by atoms with Gasteiger partial charge in [0.15, 0.2) is 0 Å². The van der Waals surface area contributed by atoms with Gasteiger partial charge in [0, 0.05) is 30.5 Å². The molecule has 0 saturated heterocycles. The van der Waals surface area contributed by atoms with Crippen LogP contribution in [0.4, 0.5) is 5.69 Å². The summed E-state index contributed by atoms with van der Waals surface area (Å²) in [5, 5.41) is 5.72. The van der Waals surface area contributed by atoms with Crippen molar-refractivity contribution in [3.05, 3.63) is 102 Å². The van der Waals surface area contributed by atoms with Gasteiger partial charge in [-0.2, -0.15) is 0 Å². The van der Waals surface area contributed by atoms with Crippen LogP contribution in [0.3, 0.4) is 0 Å². The summed E-state index contributed by atoms with van der Waals surface area (Å²) in [6, 6.07) is 25.8. The van der Waals surface area contributed by atoms with Crippen LogP contribution in [-0.4, -0.2) is 42.7 Å². The molecule has 7 heteroatoms. The molecule has 7 nitrogen and oxygen atoms in total. The van der Waals surface area contributed by atoms with Crippen molar-refractivity contribution in [3.63, 3.8) is 0 Å². The van der Waals surface area contributed by atoms with Crippen LogP contribution >= 0.6 is 0 Å². The third kappa shape index (κ3) is 5.05. The van der Waals surface area contributed by atoms with Crippen LogP contribution < -0.4 is 15.5 Å². The first kappa shape index (κ1) is 23.5. The van der Waals surface area contributed by atoms with Crippen LogP contribution in [0.5, 0.6) is 0 Å². The Morgan fingerprint density at radius 2 is 1.58 bits per heavy atom. The molecule has 182 valence electrons. The van der Waals surface area contributed by atoms with Crippen LogP contribution in [0.25, 0.3) is 0 Å². The van der Waals surface area contributed by atoms with Crippen LogP contribution in [0.2, 0.25) is 0 Å². The number of benzene rings is 3. The number of aliphatic imine (C=N–C) groups is 1. The molecule has 0 spiro atoms. The maximum Gasteiger partial charge on any atom is 0.272 e. The van der Waals surface area contributed by atoms with Gasteiger partial charge in [0.05, 0.1) is 11.4 Å².